The Hall–Kier alpha value is -1.62. The summed E-state index contributed by atoms with van der Waals surface area (Å²) in [6.07, 6.45) is 1.69. The second-order valence-corrected chi connectivity index (χ2v) is 4.31. The zero-order valence-electron chi connectivity index (χ0n) is 8.80. The van der Waals surface area contributed by atoms with E-state index in [-0.39, 0.29) is 5.91 Å². The Morgan fingerprint density at radius 1 is 1.44 bits per heavy atom. The Bertz CT molecular complexity index is 468. The average molecular weight is 233 g/mol. The summed E-state index contributed by atoms with van der Waals surface area (Å²) in [6.45, 7) is 2.01. The van der Waals surface area contributed by atoms with Crippen LogP contribution in [0.2, 0.25) is 0 Å². The number of amides is 1. The molecule has 0 atom stereocenters. The van der Waals surface area contributed by atoms with Crippen molar-refractivity contribution in [2.24, 2.45) is 10.2 Å². The van der Waals surface area contributed by atoms with Crippen LogP contribution in [0.3, 0.4) is 0 Å². The Morgan fingerprint density at radius 3 is 2.94 bits per heavy atom. The molecule has 0 bridgehead atoms. The maximum atomic E-state index is 10.9. The van der Waals surface area contributed by atoms with E-state index in [4.69, 9.17) is 0 Å². The Kier molecular flexibility index (Phi) is 3.36. The van der Waals surface area contributed by atoms with E-state index in [2.05, 4.69) is 15.5 Å². The highest BCUT2D eigenvalue weighted by atomic mass is 32.2. The molecule has 2 rings (SSSR count). The zero-order valence-corrected chi connectivity index (χ0v) is 9.62. The second kappa shape index (κ2) is 4.94. The normalized spacial score (nSPS) is 18.3. The van der Waals surface area contributed by atoms with Crippen LogP contribution in [-0.2, 0) is 4.79 Å². The van der Waals surface area contributed by atoms with Crippen molar-refractivity contribution >= 4 is 29.1 Å². The quantitative estimate of drug-likeness (QED) is 0.622. The van der Waals surface area contributed by atoms with Crippen LogP contribution in [0.25, 0.3) is 0 Å². The number of hydrogen-bond acceptors (Lipinski definition) is 4. The van der Waals surface area contributed by atoms with Gasteiger partial charge in [0, 0.05) is 0 Å². The fourth-order valence-electron chi connectivity index (χ4n) is 1.25. The Balaban J connectivity index is 2.05. The van der Waals surface area contributed by atoms with Gasteiger partial charge in [0.1, 0.15) is 0 Å². The number of rotatable bonds is 2. The molecule has 1 aromatic carbocycles. The Labute approximate surface area is 97.8 Å². The number of benzene rings is 1. The van der Waals surface area contributed by atoms with E-state index in [0.717, 1.165) is 11.1 Å². The molecule has 1 fully saturated rings. The number of nitrogens with zero attached hydrogens (tertiary/aromatic N) is 2. The molecular formula is C11H11N3OS. The standard InChI is InChI=1S/C11H11N3OS/c1-8-4-2-3-5-9(8)6-12-14-11-13-10(15)7-16-11/h2-6H,7H2,1H3,(H,13,14,15). The van der Waals surface area contributed by atoms with Crippen molar-refractivity contribution in [1.82, 2.24) is 5.32 Å². The van der Waals surface area contributed by atoms with Gasteiger partial charge in [-0.2, -0.15) is 5.10 Å². The molecule has 0 aromatic heterocycles. The lowest BCUT2D eigenvalue weighted by atomic mass is 10.1. The molecule has 0 saturated carbocycles. The number of thioether (sulfide) groups is 1. The summed E-state index contributed by atoms with van der Waals surface area (Å²) in [5, 5.41) is 11.1. The van der Waals surface area contributed by atoms with Gasteiger partial charge < -0.3 is 5.32 Å². The summed E-state index contributed by atoms with van der Waals surface area (Å²) >= 11 is 1.37. The van der Waals surface area contributed by atoms with Gasteiger partial charge in [-0.05, 0) is 18.1 Å². The monoisotopic (exact) mass is 233 g/mol. The third-order valence-electron chi connectivity index (χ3n) is 2.12. The van der Waals surface area contributed by atoms with Crippen LogP contribution in [0, 0.1) is 6.92 Å². The highest BCUT2D eigenvalue weighted by Gasteiger charge is 2.15. The van der Waals surface area contributed by atoms with E-state index < -0.39 is 0 Å². The van der Waals surface area contributed by atoms with Crippen LogP contribution in [-0.4, -0.2) is 23.0 Å². The first-order valence-electron chi connectivity index (χ1n) is 4.85. The largest absolute Gasteiger partial charge is 0.303 e. The lowest BCUT2D eigenvalue weighted by Gasteiger charge is -1.96. The van der Waals surface area contributed by atoms with E-state index in [0.29, 0.717) is 10.9 Å². The van der Waals surface area contributed by atoms with Gasteiger partial charge in [-0.1, -0.05) is 36.0 Å². The lowest BCUT2D eigenvalue weighted by Crippen LogP contribution is -2.19. The van der Waals surface area contributed by atoms with Crippen molar-refractivity contribution < 1.29 is 4.79 Å². The van der Waals surface area contributed by atoms with Crippen LogP contribution in [0.4, 0.5) is 0 Å². The van der Waals surface area contributed by atoms with Crippen LogP contribution in [0.15, 0.2) is 34.5 Å². The molecule has 1 aromatic rings. The minimum Gasteiger partial charge on any atom is -0.303 e. The van der Waals surface area contributed by atoms with Crippen LogP contribution in [0.5, 0.6) is 0 Å². The SMILES string of the molecule is Cc1ccccc1C=NN=C1NC(=O)CS1. The van der Waals surface area contributed by atoms with Gasteiger partial charge in [-0.15, -0.1) is 5.10 Å². The summed E-state index contributed by atoms with van der Waals surface area (Å²) in [4.78, 5) is 10.9. The maximum absolute atomic E-state index is 10.9. The maximum Gasteiger partial charge on any atom is 0.236 e. The van der Waals surface area contributed by atoms with Crippen molar-refractivity contribution in [3.63, 3.8) is 0 Å². The molecule has 1 saturated heterocycles. The molecular weight excluding hydrogens is 222 g/mol. The van der Waals surface area contributed by atoms with Gasteiger partial charge >= 0.3 is 0 Å². The lowest BCUT2D eigenvalue weighted by molar-refractivity contribution is -0.116. The van der Waals surface area contributed by atoms with Crippen molar-refractivity contribution in [3.05, 3.63) is 35.4 Å². The first-order chi connectivity index (χ1) is 7.75. The zero-order chi connectivity index (χ0) is 11.4. The van der Waals surface area contributed by atoms with E-state index >= 15 is 0 Å². The van der Waals surface area contributed by atoms with Crippen LogP contribution >= 0.6 is 11.8 Å². The number of nitrogens with one attached hydrogen (secondary N) is 1. The number of carbonyl (C=O) groups excluding carboxylic acids is 1. The summed E-state index contributed by atoms with van der Waals surface area (Å²) in [5.74, 6) is 0.411. The molecule has 0 radical (unpaired) electrons. The molecule has 1 aliphatic rings. The smallest absolute Gasteiger partial charge is 0.236 e. The predicted octanol–water partition coefficient (Wildman–Crippen LogP) is 1.55. The topological polar surface area (TPSA) is 53.8 Å². The highest BCUT2D eigenvalue weighted by Crippen LogP contribution is 2.09. The highest BCUT2D eigenvalue weighted by molar-refractivity contribution is 8.15. The molecule has 16 heavy (non-hydrogen) atoms. The summed E-state index contributed by atoms with van der Waals surface area (Å²) in [7, 11) is 0. The van der Waals surface area contributed by atoms with E-state index in [1.807, 2.05) is 31.2 Å². The molecule has 1 heterocycles. The third-order valence-corrected chi connectivity index (χ3v) is 2.98. The number of carbonyl (C=O) groups is 1. The number of amidine groups is 1. The summed E-state index contributed by atoms with van der Waals surface area (Å²) in [5.41, 5.74) is 2.18. The number of aryl methyl sites for hydroxylation is 1. The molecule has 5 heteroatoms. The second-order valence-electron chi connectivity index (χ2n) is 3.34. The van der Waals surface area contributed by atoms with E-state index in [9.17, 15) is 4.79 Å². The fraction of sp³-hybridized carbons (Fsp3) is 0.182. The van der Waals surface area contributed by atoms with E-state index in [1.54, 1.807) is 6.21 Å². The molecule has 4 nitrogen and oxygen atoms in total. The number of hydrogen-bond donors (Lipinski definition) is 1. The average Bonchev–Trinajstić information content (AvgIpc) is 2.67. The van der Waals surface area contributed by atoms with E-state index in [1.165, 1.54) is 11.8 Å². The molecule has 1 amide bonds. The fourth-order valence-corrected chi connectivity index (χ4v) is 1.89. The van der Waals surface area contributed by atoms with Gasteiger partial charge in [0.25, 0.3) is 0 Å². The molecule has 1 N–H and O–H groups in total. The van der Waals surface area contributed by atoms with Gasteiger partial charge in [-0.25, -0.2) is 0 Å². The summed E-state index contributed by atoms with van der Waals surface area (Å²) < 4.78 is 0. The molecule has 0 aliphatic carbocycles. The molecule has 0 unspecified atom stereocenters. The van der Waals surface area contributed by atoms with Crippen molar-refractivity contribution in [2.75, 3.05) is 5.75 Å². The predicted molar refractivity (Wildman–Crippen MR) is 66.8 cm³/mol. The van der Waals surface area contributed by atoms with Gasteiger partial charge in [0.2, 0.25) is 5.91 Å². The third kappa shape index (κ3) is 2.70. The summed E-state index contributed by atoms with van der Waals surface area (Å²) in [6, 6.07) is 7.92. The van der Waals surface area contributed by atoms with Gasteiger partial charge in [0.15, 0.2) is 5.17 Å². The van der Waals surface area contributed by atoms with Crippen LogP contribution < -0.4 is 5.32 Å². The first-order valence-corrected chi connectivity index (χ1v) is 5.83. The molecule has 0 spiro atoms. The van der Waals surface area contributed by atoms with Gasteiger partial charge in [0.05, 0.1) is 12.0 Å². The van der Waals surface area contributed by atoms with Crippen molar-refractivity contribution in [2.45, 2.75) is 6.92 Å². The molecule has 82 valence electrons. The van der Waals surface area contributed by atoms with Crippen molar-refractivity contribution in [3.8, 4) is 0 Å². The minimum absolute atomic E-state index is 0.0187. The van der Waals surface area contributed by atoms with Crippen molar-refractivity contribution in [1.29, 1.82) is 0 Å². The molecule has 1 aliphatic heterocycles. The minimum atomic E-state index is -0.0187. The van der Waals surface area contributed by atoms with Crippen LogP contribution in [0.1, 0.15) is 11.1 Å². The first kappa shape index (κ1) is 10.9. The van der Waals surface area contributed by atoms with Gasteiger partial charge in [-0.3, -0.25) is 4.79 Å². The Morgan fingerprint density at radius 2 is 2.25 bits per heavy atom.